The molecule has 19 heavy (non-hydrogen) atoms. The van der Waals surface area contributed by atoms with Crippen LogP contribution in [0, 0.1) is 0 Å². The van der Waals surface area contributed by atoms with E-state index in [2.05, 4.69) is 20.8 Å². The van der Waals surface area contributed by atoms with Gasteiger partial charge in [-0.25, -0.2) is 4.98 Å². The molecule has 0 spiro atoms. The summed E-state index contributed by atoms with van der Waals surface area (Å²) in [7, 11) is 0. The van der Waals surface area contributed by atoms with Crippen molar-refractivity contribution in [3.8, 4) is 0 Å². The van der Waals surface area contributed by atoms with Crippen LogP contribution in [0.5, 0.6) is 0 Å². The van der Waals surface area contributed by atoms with Crippen LogP contribution in [0.25, 0.3) is 11.0 Å². The number of hydrogen-bond donors (Lipinski definition) is 0. The quantitative estimate of drug-likeness (QED) is 0.798. The molecule has 0 amide bonds. The second-order valence-corrected chi connectivity index (χ2v) is 7.21. The number of rotatable bonds is 4. The molecule has 0 saturated heterocycles. The third kappa shape index (κ3) is 2.25. The van der Waals surface area contributed by atoms with E-state index in [1.165, 1.54) is 19.3 Å². The summed E-state index contributed by atoms with van der Waals surface area (Å²) in [6.45, 7) is 2.99. The molecule has 3 rings (SSSR count). The lowest BCUT2D eigenvalue weighted by Gasteiger charge is -2.41. The van der Waals surface area contributed by atoms with E-state index in [-0.39, 0.29) is 5.38 Å². The molecular weight excluding hydrogens is 278 g/mol. The Bertz CT molecular complexity index is 584. The molecule has 1 unspecified atom stereocenters. The molecule has 3 nitrogen and oxygen atoms in total. The number of alkyl halides is 1. The minimum absolute atomic E-state index is 0.0774. The highest BCUT2D eigenvalue weighted by Gasteiger charge is 2.37. The van der Waals surface area contributed by atoms with Crippen LogP contribution in [0.4, 0.5) is 0 Å². The van der Waals surface area contributed by atoms with Crippen LogP contribution < -0.4 is 0 Å². The van der Waals surface area contributed by atoms with Crippen molar-refractivity contribution in [1.82, 2.24) is 14.5 Å². The summed E-state index contributed by atoms with van der Waals surface area (Å²) in [5.41, 5.74) is 2.10. The smallest absolute Gasteiger partial charge is 0.127 e. The summed E-state index contributed by atoms with van der Waals surface area (Å²) in [5.74, 6) is 0.963. The van der Waals surface area contributed by atoms with E-state index < -0.39 is 0 Å². The van der Waals surface area contributed by atoms with Crippen LogP contribution in [0.15, 0.2) is 18.5 Å². The first kappa shape index (κ1) is 13.3. The standard InChI is InChI=1S/C14H18ClN3S/c1-10(15)13-17-11-8-16-7-4-12(11)18(13)9-14(19-2)5-3-6-14/h4,7-8,10H,3,5-6,9H2,1-2H3. The van der Waals surface area contributed by atoms with E-state index in [0.29, 0.717) is 4.75 Å². The molecule has 1 aliphatic rings. The highest BCUT2D eigenvalue weighted by atomic mass is 35.5. The van der Waals surface area contributed by atoms with Gasteiger partial charge in [0, 0.05) is 17.5 Å². The molecule has 1 fully saturated rings. The monoisotopic (exact) mass is 295 g/mol. The fraction of sp³-hybridized carbons (Fsp3) is 0.571. The van der Waals surface area contributed by atoms with E-state index in [4.69, 9.17) is 11.6 Å². The summed E-state index contributed by atoms with van der Waals surface area (Å²) in [4.78, 5) is 8.80. The molecule has 0 N–H and O–H groups in total. The zero-order valence-corrected chi connectivity index (χ0v) is 12.8. The molecule has 2 heterocycles. The van der Waals surface area contributed by atoms with Crippen molar-refractivity contribution < 1.29 is 0 Å². The van der Waals surface area contributed by atoms with Crippen LogP contribution in [0.3, 0.4) is 0 Å². The van der Waals surface area contributed by atoms with Gasteiger partial charge in [0.05, 0.1) is 17.1 Å². The van der Waals surface area contributed by atoms with Crippen molar-refractivity contribution in [1.29, 1.82) is 0 Å². The molecule has 5 heteroatoms. The molecule has 0 aliphatic heterocycles. The first-order valence-electron chi connectivity index (χ1n) is 6.65. The lowest BCUT2D eigenvalue weighted by molar-refractivity contribution is 0.321. The molecule has 0 radical (unpaired) electrons. The van der Waals surface area contributed by atoms with Gasteiger partial charge in [-0.15, -0.1) is 11.6 Å². The Morgan fingerprint density at radius 3 is 2.89 bits per heavy atom. The van der Waals surface area contributed by atoms with Crippen molar-refractivity contribution >= 4 is 34.4 Å². The summed E-state index contributed by atoms with van der Waals surface area (Å²) >= 11 is 8.28. The summed E-state index contributed by atoms with van der Waals surface area (Å²) in [6, 6.07) is 2.04. The van der Waals surface area contributed by atoms with Crippen molar-refractivity contribution in [3.05, 3.63) is 24.3 Å². The lowest BCUT2D eigenvalue weighted by Crippen LogP contribution is -2.38. The van der Waals surface area contributed by atoms with Gasteiger partial charge < -0.3 is 4.57 Å². The average molecular weight is 296 g/mol. The third-order valence-electron chi connectivity index (χ3n) is 4.08. The Morgan fingerprint density at radius 2 is 2.32 bits per heavy atom. The highest BCUT2D eigenvalue weighted by Crippen LogP contribution is 2.45. The SMILES string of the molecule is CSC1(Cn2c(C(C)Cl)nc3cnccc32)CCC1. The predicted octanol–water partition coefficient (Wildman–Crippen LogP) is 4.02. The number of thioether (sulfide) groups is 1. The maximum atomic E-state index is 6.30. The van der Waals surface area contributed by atoms with E-state index in [1.807, 2.05) is 37.1 Å². The van der Waals surface area contributed by atoms with Crippen molar-refractivity contribution in [2.75, 3.05) is 6.26 Å². The maximum absolute atomic E-state index is 6.30. The number of pyridine rings is 1. The summed E-state index contributed by atoms with van der Waals surface area (Å²) in [6.07, 6.45) is 9.77. The highest BCUT2D eigenvalue weighted by molar-refractivity contribution is 8.00. The Kier molecular flexibility index (Phi) is 3.48. The second kappa shape index (κ2) is 4.98. The number of fused-ring (bicyclic) bond motifs is 1. The fourth-order valence-corrected chi connectivity index (χ4v) is 3.88. The number of imidazole rings is 1. The zero-order chi connectivity index (χ0) is 13.5. The number of hydrogen-bond acceptors (Lipinski definition) is 3. The van der Waals surface area contributed by atoms with E-state index >= 15 is 0 Å². The van der Waals surface area contributed by atoms with Gasteiger partial charge in [0.2, 0.25) is 0 Å². The number of nitrogens with zero attached hydrogens (tertiary/aromatic N) is 3. The first-order chi connectivity index (χ1) is 9.15. The van der Waals surface area contributed by atoms with Crippen LogP contribution in [0.2, 0.25) is 0 Å². The number of halogens is 1. The average Bonchev–Trinajstić information content (AvgIpc) is 2.73. The van der Waals surface area contributed by atoms with Gasteiger partial charge >= 0.3 is 0 Å². The van der Waals surface area contributed by atoms with E-state index in [1.54, 1.807) is 0 Å². The van der Waals surface area contributed by atoms with Gasteiger partial charge in [-0.1, -0.05) is 6.42 Å². The maximum Gasteiger partial charge on any atom is 0.127 e. The van der Waals surface area contributed by atoms with E-state index in [9.17, 15) is 0 Å². The molecule has 2 aromatic rings. The summed E-state index contributed by atoms with van der Waals surface area (Å²) < 4.78 is 2.67. The topological polar surface area (TPSA) is 30.7 Å². The van der Waals surface area contributed by atoms with Gasteiger partial charge in [-0.2, -0.15) is 11.8 Å². The molecule has 1 saturated carbocycles. The van der Waals surface area contributed by atoms with Crippen molar-refractivity contribution in [2.45, 2.75) is 42.9 Å². The Balaban J connectivity index is 2.07. The molecule has 0 bridgehead atoms. The van der Waals surface area contributed by atoms with Crippen LogP contribution in [-0.2, 0) is 6.54 Å². The van der Waals surface area contributed by atoms with Crippen molar-refractivity contribution in [3.63, 3.8) is 0 Å². The Labute approximate surface area is 122 Å². The predicted molar refractivity (Wildman–Crippen MR) is 81.9 cm³/mol. The van der Waals surface area contributed by atoms with Gasteiger partial charge in [0.15, 0.2) is 0 Å². The molecule has 0 aromatic carbocycles. The van der Waals surface area contributed by atoms with Gasteiger partial charge in [0.1, 0.15) is 11.3 Å². The number of aromatic nitrogens is 3. The van der Waals surface area contributed by atoms with Gasteiger partial charge in [-0.3, -0.25) is 4.98 Å². The summed E-state index contributed by atoms with van der Waals surface area (Å²) in [5, 5.41) is -0.0774. The third-order valence-corrected chi connectivity index (χ3v) is 5.68. The van der Waals surface area contributed by atoms with Gasteiger partial charge in [0.25, 0.3) is 0 Å². The molecule has 1 atom stereocenters. The zero-order valence-electron chi connectivity index (χ0n) is 11.3. The Morgan fingerprint density at radius 1 is 1.53 bits per heavy atom. The van der Waals surface area contributed by atoms with Crippen LogP contribution >= 0.6 is 23.4 Å². The molecule has 102 valence electrons. The normalized spacial score (nSPS) is 19.3. The fourth-order valence-electron chi connectivity index (χ4n) is 2.76. The van der Waals surface area contributed by atoms with Gasteiger partial charge in [-0.05, 0) is 32.1 Å². The minimum Gasteiger partial charge on any atom is -0.325 e. The molecule has 1 aliphatic carbocycles. The lowest BCUT2D eigenvalue weighted by atomic mass is 9.84. The first-order valence-corrected chi connectivity index (χ1v) is 8.31. The molecular formula is C14H18ClN3S. The minimum atomic E-state index is -0.0774. The van der Waals surface area contributed by atoms with Crippen molar-refractivity contribution in [2.24, 2.45) is 0 Å². The largest absolute Gasteiger partial charge is 0.325 e. The second-order valence-electron chi connectivity index (χ2n) is 5.28. The van der Waals surface area contributed by atoms with Crippen LogP contribution in [-0.4, -0.2) is 25.5 Å². The molecule has 2 aromatic heterocycles. The Hall–Kier alpha value is -0.740. The van der Waals surface area contributed by atoms with Crippen LogP contribution in [0.1, 0.15) is 37.4 Å². The van der Waals surface area contributed by atoms with E-state index in [0.717, 1.165) is 23.4 Å².